The molecule has 0 saturated carbocycles. The van der Waals surface area contributed by atoms with Crippen LogP contribution in [-0.2, 0) is 31.9 Å². The number of pyridine rings is 1. The van der Waals surface area contributed by atoms with Gasteiger partial charge in [-0.1, -0.05) is 173 Å². The van der Waals surface area contributed by atoms with E-state index in [1.165, 1.54) is 11.1 Å². The zero-order chi connectivity index (χ0) is 45.0. The molecule has 2 heterocycles. The van der Waals surface area contributed by atoms with Gasteiger partial charge in [0.15, 0.2) is 0 Å². The van der Waals surface area contributed by atoms with Crippen LogP contribution in [-0.4, -0.2) is 19.6 Å². The van der Waals surface area contributed by atoms with Gasteiger partial charge in [-0.15, -0.1) is 23.8 Å². The van der Waals surface area contributed by atoms with Gasteiger partial charge in [-0.2, -0.15) is 0 Å². The number of aromatic nitrogens is 3. The fourth-order valence-electron chi connectivity index (χ4n) is 8.01. The van der Waals surface area contributed by atoms with E-state index in [0.717, 1.165) is 55.8 Å². The van der Waals surface area contributed by atoms with E-state index in [4.69, 9.17) is 14.1 Å². The topological polar surface area (TPSA) is 50.9 Å². The van der Waals surface area contributed by atoms with E-state index < -0.39 is 6.85 Å². The Morgan fingerprint density at radius 1 is 0.548 bits per heavy atom. The summed E-state index contributed by atoms with van der Waals surface area (Å²) < 4.78 is 28.8. The molecule has 9 rings (SSSR count). The van der Waals surface area contributed by atoms with E-state index in [1.807, 2.05) is 95.7 Å². The molecule has 310 valence electrons. The summed E-state index contributed by atoms with van der Waals surface area (Å²) in [5.74, 6) is 0.450. The summed E-state index contributed by atoms with van der Waals surface area (Å²) in [6.45, 7) is 10.7. The molecule has 0 atom stereocenters. The third-order valence-electron chi connectivity index (χ3n) is 11.5. The van der Waals surface area contributed by atoms with Crippen molar-refractivity contribution < 1.29 is 30.3 Å². The number of hydrogen-bond donors (Lipinski definition) is 1. The molecule has 0 unspecified atom stereocenters. The maximum absolute atomic E-state index is 11.4. The number of imidazole rings is 1. The summed E-state index contributed by atoms with van der Waals surface area (Å²) in [4.78, 5) is 10.2. The van der Waals surface area contributed by atoms with Crippen molar-refractivity contribution in [2.45, 2.75) is 59.2 Å². The van der Waals surface area contributed by atoms with Crippen molar-refractivity contribution in [2.24, 2.45) is 0 Å². The Balaban J connectivity index is 0.00000576. The molecule has 0 aliphatic heterocycles. The monoisotopic (exact) mass is 990 g/mol. The van der Waals surface area contributed by atoms with Gasteiger partial charge in [0.1, 0.15) is 11.6 Å². The predicted molar refractivity (Wildman–Crippen MR) is 254 cm³/mol. The molecule has 0 fully saturated rings. The number of aromatic hydroxyl groups is 1. The molecular weight excluding hydrogens is 938 g/mol. The summed E-state index contributed by atoms with van der Waals surface area (Å²) in [5, 5.41) is 11.4. The van der Waals surface area contributed by atoms with Crippen molar-refractivity contribution >= 4 is 11.0 Å². The van der Waals surface area contributed by atoms with Gasteiger partial charge in [-0.3, -0.25) is 9.55 Å². The molecule has 4 nitrogen and oxygen atoms in total. The first-order chi connectivity index (χ1) is 30.5. The third kappa shape index (κ3) is 8.33. The SMILES string of the molecule is [2H]C([2H])([2H])c1cc(-c2cc(C(C)(C)C)cc(C(C)(C)C)c2)ccc1-n1c(-c2ccccc2O)nc2c(-c3[c-]c(-c4cc(-c5ccccc5)ccn4)cc(-c4ccccc4)c3)cccc21.[Pt]. The molecule has 0 aliphatic carbocycles. The molecule has 0 radical (unpaired) electrons. The van der Waals surface area contributed by atoms with Gasteiger partial charge in [0.05, 0.1) is 22.3 Å². The minimum Gasteiger partial charge on any atom is -0.507 e. The molecular formula is C57H50N3OPt-. The standard InChI is InChI=1S/C57H50N3O.Pt/c1-37-29-40(43-33-46(56(2,3)4)36-47(34-43)57(5,6)7)25-26-51(37)60-52-23-16-22-48(54(52)59-55(60)49-21-14-15-24-53(49)61)44-30-42(39-19-12-9-13-20-39)31-45(32-44)50-35-41(27-28-58-50)38-17-10-8-11-18-38;/h8-31,33-36,61H,1-7H3;/q-1;/i1D3;. The number of rotatable bonds is 7. The van der Waals surface area contributed by atoms with Gasteiger partial charge in [-0.25, -0.2) is 4.98 Å². The molecule has 7 aromatic carbocycles. The minimum absolute atomic E-state index is 0. The fourth-order valence-corrected chi connectivity index (χ4v) is 8.01. The quantitative estimate of drug-likeness (QED) is 0.162. The Morgan fingerprint density at radius 3 is 1.81 bits per heavy atom. The Hall–Kier alpha value is -6.35. The van der Waals surface area contributed by atoms with Crippen LogP contribution in [0.2, 0.25) is 0 Å². The van der Waals surface area contributed by atoms with E-state index in [-0.39, 0.29) is 43.2 Å². The summed E-state index contributed by atoms with van der Waals surface area (Å²) in [6, 6.07) is 57.9. The van der Waals surface area contributed by atoms with Crippen LogP contribution in [0.3, 0.4) is 0 Å². The fraction of sp³-hybridized carbons (Fsp3) is 0.158. The van der Waals surface area contributed by atoms with E-state index in [9.17, 15) is 5.11 Å². The Morgan fingerprint density at radius 2 is 1.15 bits per heavy atom. The Labute approximate surface area is 384 Å². The van der Waals surface area contributed by atoms with Crippen molar-refractivity contribution in [1.82, 2.24) is 14.5 Å². The van der Waals surface area contributed by atoms with Crippen LogP contribution < -0.4 is 0 Å². The average molecular weight is 991 g/mol. The largest absolute Gasteiger partial charge is 0.507 e. The van der Waals surface area contributed by atoms with E-state index in [0.29, 0.717) is 28.1 Å². The molecule has 0 amide bonds. The van der Waals surface area contributed by atoms with Crippen molar-refractivity contribution in [2.75, 3.05) is 0 Å². The first-order valence-electron chi connectivity index (χ1n) is 22.3. The molecule has 5 heteroatoms. The van der Waals surface area contributed by atoms with Gasteiger partial charge in [0.2, 0.25) is 0 Å². The van der Waals surface area contributed by atoms with Gasteiger partial charge < -0.3 is 5.11 Å². The van der Waals surface area contributed by atoms with E-state index >= 15 is 0 Å². The molecule has 0 aliphatic rings. The summed E-state index contributed by atoms with van der Waals surface area (Å²) in [5.41, 5.74) is 13.7. The second-order valence-electron chi connectivity index (χ2n) is 17.9. The van der Waals surface area contributed by atoms with Gasteiger partial charge >= 0.3 is 0 Å². The van der Waals surface area contributed by atoms with Crippen LogP contribution >= 0.6 is 0 Å². The molecule has 0 spiro atoms. The number of phenolic OH excluding ortho intramolecular Hbond substituents is 1. The van der Waals surface area contributed by atoms with Crippen molar-refractivity contribution in [3.8, 4) is 78.6 Å². The zero-order valence-corrected chi connectivity index (χ0v) is 38.0. The van der Waals surface area contributed by atoms with Gasteiger partial charge in [-0.05, 0) is 98.6 Å². The molecule has 0 saturated heterocycles. The number of phenols is 1. The van der Waals surface area contributed by atoms with Crippen LogP contribution in [0.25, 0.3) is 83.9 Å². The van der Waals surface area contributed by atoms with Gasteiger partial charge in [0.25, 0.3) is 0 Å². The number of hydrogen-bond acceptors (Lipinski definition) is 3. The van der Waals surface area contributed by atoms with Crippen LogP contribution in [0, 0.1) is 12.9 Å². The van der Waals surface area contributed by atoms with Crippen LogP contribution in [0.15, 0.2) is 170 Å². The Bertz CT molecular complexity index is 3150. The number of nitrogens with zero attached hydrogens (tertiary/aromatic N) is 3. The predicted octanol–water partition coefficient (Wildman–Crippen LogP) is 14.8. The van der Waals surface area contributed by atoms with Crippen LogP contribution in [0.4, 0.5) is 0 Å². The summed E-state index contributed by atoms with van der Waals surface area (Å²) in [7, 11) is 0. The van der Waals surface area contributed by atoms with E-state index in [2.05, 4.69) is 108 Å². The normalized spacial score (nSPS) is 12.6. The zero-order valence-electron chi connectivity index (χ0n) is 38.8. The molecule has 1 N–H and O–H groups in total. The number of aryl methyl sites for hydroxylation is 1. The smallest absolute Gasteiger partial charge is 0.148 e. The minimum atomic E-state index is -2.50. The second kappa shape index (κ2) is 16.8. The summed E-state index contributed by atoms with van der Waals surface area (Å²) >= 11 is 0. The van der Waals surface area contributed by atoms with Crippen molar-refractivity contribution in [3.05, 3.63) is 193 Å². The van der Waals surface area contributed by atoms with E-state index in [1.54, 1.807) is 18.2 Å². The van der Waals surface area contributed by atoms with Crippen LogP contribution in [0.1, 0.15) is 62.3 Å². The first-order valence-corrected chi connectivity index (χ1v) is 20.8. The van der Waals surface area contributed by atoms with Crippen molar-refractivity contribution in [3.63, 3.8) is 0 Å². The molecule has 9 aromatic rings. The number of fused-ring (bicyclic) bond motifs is 1. The Kier molecular flexibility index (Phi) is 10.5. The number of benzene rings is 7. The second-order valence-corrected chi connectivity index (χ2v) is 17.9. The number of para-hydroxylation sites is 2. The van der Waals surface area contributed by atoms with Gasteiger partial charge in [0, 0.05) is 37.1 Å². The molecule has 2 aromatic heterocycles. The van der Waals surface area contributed by atoms with Crippen molar-refractivity contribution in [1.29, 1.82) is 0 Å². The maximum Gasteiger partial charge on any atom is 0.148 e. The molecule has 62 heavy (non-hydrogen) atoms. The maximum atomic E-state index is 11.4. The summed E-state index contributed by atoms with van der Waals surface area (Å²) in [6.07, 6.45) is 1.83. The van der Waals surface area contributed by atoms with Crippen LogP contribution in [0.5, 0.6) is 5.75 Å². The third-order valence-corrected chi connectivity index (χ3v) is 11.5. The first kappa shape index (κ1) is 38.6. The molecule has 0 bridgehead atoms. The average Bonchev–Trinajstić information content (AvgIpc) is 3.68.